The lowest BCUT2D eigenvalue weighted by Gasteiger charge is -2.28. The summed E-state index contributed by atoms with van der Waals surface area (Å²) in [5, 5.41) is 8.77. The smallest absolute Gasteiger partial charge is 0.273 e. The van der Waals surface area contributed by atoms with Gasteiger partial charge in [0.15, 0.2) is 0 Å². The number of hydrogen-bond donors (Lipinski definition) is 1. The van der Waals surface area contributed by atoms with E-state index in [-0.39, 0.29) is 18.1 Å². The molecule has 0 radical (unpaired) electrons. The first-order valence-electron chi connectivity index (χ1n) is 9.64. The number of carbonyl (C=O) groups excluding carboxylic acids is 1. The second kappa shape index (κ2) is 7.48. The highest BCUT2D eigenvalue weighted by Crippen LogP contribution is 2.43. The Morgan fingerprint density at radius 3 is 2.41 bits per heavy atom. The van der Waals surface area contributed by atoms with Crippen LogP contribution in [-0.4, -0.2) is 40.3 Å². The normalized spacial score (nSPS) is 21.0. The summed E-state index contributed by atoms with van der Waals surface area (Å²) in [6, 6.07) is 14.9. The van der Waals surface area contributed by atoms with E-state index in [0.717, 1.165) is 41.8 Å². The number of ether oxygens (including phenoxy) is 1. The Morgan fingerprint density at radius 1 is 1.07 bits per heavy atom. The van der Waals surface area contributed by atoms with E-state index in [1.165, 1.54) is 0 Å². The van der Waals surface area contributed by atoms with Crippen molar-refractivity contribution in [1.29, 1.82) is 0 Å². The van der Waals surface area contributed by atoms with Crippen LogP contribution in [0.15, 0.2) is 48.5 Å². The molecule has 1 fully saturated rings. The summed E-state index contributed by atoms with van der Waals surface area (Å²) in [7, 11) is 0. The summed E-state index contributed by atoms with van der Waals surface area (Å²) in [6.07, 6.45) is 2.05. The molecule has 0 bridgehead atoms. The van der Waals surface area contributed by atoms with E-state index < -0.39 is 0 Å². The van der Waals surface area contributed by atoms with Crippen molar-refractivity contribution in [2.45, 2.75) is 25.0 Å². The predicted molar refractivity (Wildman–Crippen MR) is 112 cm³/mol. The highest BCUT2D eigenvalue weighted by molar-refractivity contribution is 6.30. The molecule has 1 N–H and O–H groups in total. The van der Waals surface area contributed by atoms with Crippen molar-refractivity contribution in [3.8, 4) is 11.3 Å². The maximum absolute atomic E-state index is 13.3. The molecule has 3 aromatic rings. The number of halogens is 2. The van der Waals surface area contributed by atoms with Crippen LogP contribution in [0.5, 0.6) is 0 Å². The SMILES string of the molecule is O=C1c2[nH]nc(-c3ccc(Cl)cc3)c2C(c2ccc(Cl)cc2)N1CC1CCCO1. The van der Waals surface area contributed by atoms with Crippen LogP contribution in [0.4, 0.5) is 0 Å². The third-order valence-electron chi connectivity index (χ3n) is 5.59. The van der Waals surface area contributed by atoms with Crippen LogP contribution in [0.2, 0.25) is 10.0 Å². The summed E-state index contributed by atoms with van der Waals surface area (Å²) in [4.78, 5) is 15.2. The number of rotatable bonds is 4. The Morgan fingerprint density at radius 2 is 1.76 bits per heavy atom. The molecule has 0 spiro atoms. The molecule has 29 heavy (non-hydrogen) atoms. The molecule has 0 saturated carbocycles. The van der Waals surface area contributed by atoms with Gasteiger partial charge in [0.1, 0.15) is 5.69 Å². The molecular weight excluding hydrogens is 409 g/mol. The van der Waals surface area contributed by atoms with Crippen LogP contribution in [0.3, 0.4) is 0 Å². The monoisotopic (exact) mass is 427 g/mol. The molecule has 1 amide bonds. The fourth-order valence-electron chi connectivity index (χ4n) is 4.21. The van der Waals surface area contributed by atoms with Gasteiger partial charge in [-0.15, -0.1) is 0 Å². The largest absolute Gasteiger partial charge is 0.376 e. The first-order valence-corrected chi connectivity index (χ1v) is 10.4. The number of aromatic amines is 1. The van der Waals surface area contributed by atoms with Gasteiger partial charge in [-0.2, -0.15) is 5.10 Å². The van der Waals surface area contributed by atoms with Gasteiger partial charge in [-0.05, 0) is 42.7 Å². The number of carbonyl (C=O) groups is 1. The quantitative estimate of drug-likeness (QED) is 0.629. The molecular formula is C22H19Cl2N3O2. The summed E-state index contributed by atoms with van der Waals surface area (Å²) < 4.78 is 5.81. The number of amides is 1. The van der Waals surface area contributed by atoms with Gasteiger partial charge in [0.05, 0.1) is 17.8 Å². The number of aromatic nitrogens is 2. The Hall–Kier alpha value is -2.34. The number of nitrogens with zero attached hydrogens (tertiary/aromatic N) is 2. The zero-order valence-corrected chi connectivity index (χ0v) is 17.1. The molecule has 2 unspecified atom stereocenters. The second-order valence-electron chi connectivity index (χ2n) is 7.41. The van der Waals surface area contributed by atoms with E-state index in [9.17, 15) is 4.79 Å². The van der Waals surface area contributed by atoms with Gasteiger partial charge in [0.25, 0.3) is 5.91 Å². The minimum Gasteiger partial charge on any atom is -0.376 e. The van der Waals surface area contributed by atoms with E-state index in [1.54, 1.807) is 0 Å². The summed E-state index contributed by atoms with van der Waals surface area (Å²) in [5.41, 5.74) is 4.10. The number of hydrogen-bond acceptors (Lipinski definition) is 3. The van der Waals surface area contributed by atoms with E-state index in [2.05, 4.69) is 10.2 Å². The van der Waals surface area contributed by atoms with Crippen LogP contribution in [-0.2, 0) is 4.74 Å². The Kier molecular flexibility index (Phi) is 4.82. The lowest BCUT2D eigenvalue weighted by atomic mass is 9.96. The average molecular weight is 428 g/mol. The zero-order valence-electron chi connectivity index (χ0n) is 15.6. The summed E-state index contributed by atoms with van der Waals surface area (Å²) in [5.74, 6) is -0.0526. The zero-order chi connectivity index (χ0) is 20.0. The van der Waals surface area contributed by atoms with Gasteiger partial charge in [-0.1, -0.05) is 47.5 Å². The van der Waals surface area contributed by atoms with Crippen molar-refractivity contribution in [3.05, 3.63) is 75.4 Å². The minimum atomic E-state index is -0.247. The third-order valence-corrected chi connectivity index (χ3v) is 6.10. The van der Waals surface area contributed by atoms with Gasteiger partial charge < -0.3 is 9.64 Å². The molecule has 1 saturated heterocycles. The third kappa shape index (κ3) is 3.33. The maximum Gasteiger partial charge on any atom is 0.273 e. The lowest BCUT2D eigenvalue weighted by Crippen LogP contribution is -2.36. The predicted octanol–water partition coefficient (Wildman–Crippen LogP) is 5.11. The molecule has 1 aromatic heterocycles. The fraction of sp³-hybridized carbons (Fsp3) is 0.273. The highest BCUT2D eigenvalue weighted by atomic mass is 35.5. The van der Waals surface area contributed by atoms with Crippen LogP contribution >= 0.6 is 23.2 Å². The van der Waals surface area contributed by atoms with E-state index in [1.807, 2.05) is 53.4 Å². The molecule has 7 heteroatoms. The van der Waals surface area contributed by atoms with Gasteiger partial charge in [0, 0.05) is 34.3 Å². The van der Waals surface area contributed by atoms with Crippen LogP contribution in [0, 0.1) is 0 Å². The van der Waals surface area contributed by atoms with Crippen molar-refractivity contribution in [3.63, 3.8) is 0 Å². The van der Waals surface area contributed by atoms with Crippen molar-refractivity contribution in [1.82, 2.24) is 15.1 Å². The summed E-state index contributed by atoms with van der Waals surface area (Å²) in [6.45, 7) is 1.30. The molecule has 2 atom stereocenters. The molecule has 5 nitrogen and oxygen atoms in total. The number of H-pyrrole nitrogens is 1. The van der Waals surface area contributed by atoms with E-state index in [0.29, 0.717) is 22.3 Å². The topological polar surface area (TPSA) is 58.2 Å². The van der Waals surface area contributed by atoms with E-state index in [4.69, 9.17) is 27.9 Å². The molecule has 2 aliphatic heterocycles. The average Bonchev–Trinajstić information content (AvgIpc) is 3.44. The Labute approximate surface area is 178 Å². The minimum absolute atomic E-state index is 0.0526. The molecule has 3 heterocycles. The maximum atomic E-state index is 13.3. The summed E-state index contributed by atoms with van der Waals surface area (Å²) >= 11 is 12.2. The highest BCUT2D eigenvalue weighted by Gasteiger charge is 2.43. The molecule has 2 aromatic carbocycles. The number of nitrogens with one attached hydrogen (secondary N) is 1. The Balaban J connectivity index is 1.61. The first-order chi connectivity index (χ1) is 14.1. The van der Waals surface area contributed by atoms with Crippen molar-refractivity contribution < 1.29 is 9.53 Å². The van der Waals surface area contributed by atoms with Crippen LogP contribution in [0.25, 0.3) is 11.3 Å². The number of benzene rings is 2. The van der Waals surface area contributed by atoms with Crippen LogP contribution < -0.4 is 0 Å². The molecule has 148 valence electrons. The first kappa shape index (κ1) is 18.7. The van der Waals surface area contributed by atoms with Crippen molar-refractivity contribution in [2.24, 2.45) is 0 Å². The van der Waals surface area contributed by atoms with Gasteiger partial charge in [-0.25, -0.2) is 0 Å². The van der Waals surface area contributed by atoms with Crippen molar-refractivity contribution in [2.75, 3.05) is 13.2 Å². The number of fused-ring (bicyclic) bond motifs is 1. The lowest BCUT2D eigenvalue weighted by molar-refractivity contribution is 0.0495. The van der Waals surface area contributed by atoms with Crippen LogP contribution in [0.1, 0.15) is 40.5 Å². The fourth-order valence-corrected chi connectivity index (χ4v) is 4.46. The molecule has 5 rings (SSSR count). The van der Waals surface area contributed by atoms with Gasteiger partial charge >= 0.3 is 0 Å². The van der Waals surface area contributed by atoms with E-state index >= 15 is 0 Å². The van der Waals surface area contributed by atoms with Gasteiger partial charge in [-0.3, -0.25) is 9.89 Å². The molecule has 0 aliphatic carbocycles. The van der Waals surface area contributed by atoms with Gasteiger partial charge in [0.2, 0.25) is 0 Å². The Bertz CT molecular complexity index is 1040. The standard InChI is InChI=1S/C22H19Cl2N3O2/c23-15-7-3-13(4-8-15)19-18-20(26-25-19)22(28)27(12-17-2-1-11-29-17)21(18)14-5-9-16(24)10-6-14/h3-10,17,21H,1-2,11-12H2,(H,25,26). The second-order valence-corrected chi connectivity index (χ2v) is 8.29. The van der Waals surface area contributed by atoms with Crippen molar-refractivity contribution >= 4 is 29.1 Å². The molecule has 2 aliphatic rings.